The van der Waals surface area contributed by atoms with Gasteiger partial charge in [-0.2, -0.15) is 8.42 Å². The summed E-state index contributed by atoms with van der Waals surface area (Å²) in [5, 5.41) is 40.9. The highest BCUT2D eigenvalue weighted by Crippen LogP contribution is 2.38. The van der Waals surface area contributed by atoms with Crippen molar-refractivity contribution in [1.29, 1.82) is 0 Å². The number of nitrogens with zero attached hydrogens (tertiary/aromatic N) is 4. The number of nitro benzene ring substituents is 3. The first-order valence-electron chi connectivity index (χ1n) is 7.55. The molecule has 0 atom stereocenters. The minimum absolute atomic E-state index is 0.157. The van der Waals surface area contributed by atoms with E-state index in [4.69, 9.17) is 9.66 Å². The molecule has 0 spiro atoms. The number of hydrogen-bond acceptors (Lipinski definition) is 10. The molecule has 1 aromatic heterocycles. The number of rotatable bonds is 4. The van der Waals surface area contributed by atoms with Crippen molar-refractivity contribution in [3.05, 3.63) is 79.0 Å². The highest BCUT2D eigenvalue weighted by atomic mass is 32.2. The Labute approximate surface area is 166 Å². The van der Waals surface area contributed by atoms with Gasteiger partial charge in [0.2, 0.25) is 0 Å². The Morgan fingerprint density at radius 2 is 1.40 bits per heavy atom. The van der Waals surface area contributed by atoms with Crippen LogP contribution in [-0.2, 0) is 10.1 Å². The zero-order valence-electron chi connectivity index (χ0n) is 14.5. The lowest BCUT2D eigenvalue weighted by Gasteiger charge is -2.01. The van der Waals surface area contributed by atoms with Gasteiger partial charge in [-0.05, 0) is 12.1 Å². The van der Waals surface area contributed by atoms with Gasteiger partial charge in [0, 0.05) is 11.6 Å². The van der Waals surface area contributed by atoms with E-state index in [0.717, 1.165) is 0 Å². The summed E-state index contributed by atoms with van der Waals surface area (Å²) in [4.78, 5) is 31.5. The maximum atomic E-state index is 11.0. The molecule has 14 nitrogen and oxygen atoms in total. The number of phenols is 1. The van der Waals surface area contributed by atoms with Crippen molar-refractivity contribution in [2.45, 2.75) is 4.90 Å². The number of aromatic hydroxyl groups is 1. The van der Waals surface area contributed by atoms with E-state index in [1.807, 2.05) is 0 Å². The Morgan fingerprint density at radius 1 is 0.867 bits per heavy atom. The summed E-state index contributed by atoms with van der Waals surface area (Å²) in [6.45, 7) is 0. The Bertz CT molecular complexity index is 1240. The number of non-ortho nitro benzene ring substituents is 1. The average molecular weight is 438 g/mol. The van der Waals surface area contributed by atoms with Crippen LogP contribution in [0.3, 0.4) is 0 Å². The molecule has 0 amide bonds. The highest BCUT2D eigenvalue weighted by molar-refractivity contribution is 7.86. The highest BCUT2D eigenvalue weighted by Gasteiger charge is 2.30. The van der Waals surface area contributed by atoms with Crippen LogP contribution in [0.15, 0.2) is 53.6 Å². The third-order valence-electron chi connectivity index (χ3n) is 3.53. The van der Waals surface area contributed by atoms with Crippen LogP contribution in [0.2, 0.25) is 0 Å². The van der Waals surface area contributed by atoms with Gasteiger partial charge in [0.15, 0.2) is 0 Å². The van der Waals surface area contributed by atoms with Gasteiger partial charge in [0.1, 0.15) is 4.90 Å². The standard InChI is InChI=1S/C9H7NO3S.C6H3N3O7/c11-14(12,13)8-5-1-3-7-4-2-6-10-9(7)8;10-6-4(8(13)14)1-3(7(11)12)2-5(6)9(15)16/h1-6H,(H,11,12,13);1-2,10H. The number of fused-ring (bicyclic) bond motifs is 1. The van der Waals surface area contributed by atoms with Crippen molar-refractivity contribution < 1.29 is 32.8 Å². The number of para-hydroxylation sites is 1. The Kier molecular flexibility index (Phi) is 6.18. The van der Waals surface area contributed by atoms with Crippen molar-refractivity contribution in [3.8, 4) is 5.75 Å². The molecule has 0 bridgehead atoms. The number of aromatic nitrogens is 1. The molecule has 3 aromatic rings. The molecule has 0 aliphatic heterocycles. The van der Waals surface area contributed by atoms with E-state index in [0.29, 0.717) is 17.5 Å². The van der Waals surface area contributed by atoms with Crippen LogP contribution in [0.25, 0.3) is 10.9 Å². The molecular weight excluding hydrogens is 428 g/mol. The Hall–Kier alpha value is -4.24. The van der Waals surface area contributed by atoms with Crippen molar-refractivity contribution >= 4 is 38.1 Å². The maximum absolute atomic E-state index is 11.0. The van der Waals surface area contributed by atoms with Gasteiger partial charge in [-0.1, -0.05) is 18.2 Å². The SMILES string of the molecule is O=S(=O)(O)c1cccc2cccnc12.O=[N+]([O-])c1cc([N+](=O)[O-])c(O)c([N+](=O)[O-])c1. The maximum Gasteiger partial charge on any atom is 0.324 e. The van der Waals surface area contributed by atoms with Gasteiger partial charge in [-0.3, -0.25) is 39.9 Å². The summed E-state index contributed by atoms with van der Waals surface area (Å²) in [5.41, 5.74) is -2.71. The monoisotopic (exact) mass is 438 g/mol. The molecule has 2 N–H and O–H groups in total. The molecule has 0 saturated carbocycles. The predicted octanol–water partition coefficient (Wildman–Crippen LogP) is 2.60. The molecule has 2 aromatic carbocycles. The molecule has 0 unspecified atom stereocenters. The average Bonchev–Trinajstić information content (AvgIpc) is 2.66. The third kappa shape index (κ3) is 4.78. The van der Waals surface area contributed by atoms with Crippen molar-refractivity contribution in [3.63, 3.8) is 0 Å². The van der Waals surface area contributed by atoms with Gasteiger partial charge in [-0.25, -0.2) is 0 Å². The van der Waals surface area contributed by atoms with E-state index in [2.05, 4.69) is 4.98 Å². The van der Waals surface area contributed by atoms with Crippen molar-refractivity contribution in [1.82, 2.24) is 4.98 Å². The largest absolute Gasteiger partial charge is 0.497 e. The van der Waals surface area contributed by atoms with Crippen LogP contribution in [0.4, 0.5) is 17.1 Å². The Balaban J connectivity index is 0.000000215. The van der Waals surface area contributed by atoms with E-state index in [9.17, 15) is 38.8 Å². The van der Waals surface area contributed by atoms with Crippen molar-refractivity contribution in [2.24, 2.45) is 0 Å². The minimum atomic E-state index is -4.19. The van der Waals surface area contributed by atoms with Gasteiger partial charge in [0.25, 0.3) is 21.6 Å². The molecule has 0 saturated heterocycles. The second-order valence-corrected chi connectivity index (χ2v) is 6.80. The fourth-order valence-corrected chi connectivity index (χ4v) is 2.92. The van der Waals surface area contributed by atoms with E-state index in [1.165, 1.54) is 12.3 Å². The van der Waals surface area contributed by atoms with Crippen LogP contribution in [-0.4, -0.2) is 37.8 Å². The Morgan fingerprint density at radius 3 is 1.87 bits per heavy atom. The zero-order chi connectivity index (χ0) is 22.6. The number of nitro groups is 3. The normalized spacial score (nSPS) is 10.7. The van der Waals surface area contributed by atoms with Crippen LogP contribution in [0, 0.1) is 30.3 Å². The molecule has 3 rings (SSSR count). The molecule has 156 valence electrons. The van der Waals surface area contributed by atoms with Gasteiger partial charge < -0.3 is 5.11 Å². The minimum Gasteiger partial charge on any atom is -0.497 e. The van der Waals surface area contributed by atoms with Crippen LogP contribution < -0.4 is 0 Å². The van der Waals surface area contributed by atoms with Crippen LogP contribution >= 0.6 is 0 Å². The lowest BCUT2D eigenvalue weighted by atomic mass is 10.2. The van der Waals surface area contributed by atoms with Gasteiger partial charge in [-0.15, -0.1) is 0 Å². The molecule has 0 aliphatic rings. The van der Waals surface area contributed by atoms with Crippen LogP contribution in [0.5, 0.6) is 5.75 Å². The van der Waals surface area contributed by atoms with Crippen LogP contribution in [0.1, 0.15) is 0 Å². The summed E-state index contributed by atoms with van der Waals surface area (Å²) in [6, 6.07) is 8.95. The predicted molar refractivity (Wildman–Crippen MR) is 99.6 cm³/mol. The number of benzene rings is 2. The molecule has 0 fully saturated rings. The van der Waals surface area contributed by atoms with E-state index in [1.54, 1.807) is 24.3 Å². The molecule has 15 heteroatoms. The first-order valence-corrected chi connectivity index (χ1v) is 8.99. The molecule has 1 heterocycles. The first-order chi connectivity index (χ1) is 13.9. The van der Waals surface area contributed by atoms with E-state index in [-0.39, 0.29) is 10.4 Å². The smallest absolute Gasteiger partial charge is 0.324 e. The summed E-state index contributed by atoms with van der Waals surface area (Å²) in [6.07, 6.45) is 1.48. The number of hydrogen-bond donors (Lipinski definition) is 2. The molecule has 0 aliphatic carbocycles. The third-order valence-corrected chi connectivity index (χ3v) is 4.42. The van der Waals surface area contributed by atoms with Gasteiger partial charge in [0.05, 0.1) is 32.4 Å². The number of phenolic OH excluding ortho intramolecular Hbond substituents is 1. The zero-order valence-corrected chi connectivity index (χ0v) is 15.3. The topological polar surface area (TPSA) is 217 Å². The molecule has 30 heavy (non-hydrogen) atoms. The fraction of sp³-hybridized carbons (Fsp3) is 0. The first kappa shape index (κ1) is 22.1. The second-order valence-electron chi connectivity index (χ2n) is 5.41. The summed E-state index contributed by atoms with van der Waals surface area (Å²) in [7, 11) is -4.19. The summed E-state index contributed by atoms with van der Waals surface area (Å²) >= 11 is 0. The summed E-state index contributed by atoms with van der Waals surface area (Å²) in [5.74, 6) is -1.21. The lowest BCUT2D eigenvalue weighted by Crippen LogP contribution is -1.99. The number of pyridine rings is 1. The molecular formula is C15H10N4O10S. The van der Waals surface area contributed by atoms with E-state index < -0.39 is 47.7 Å². The quantitative estimate of drug-likeness (QED) is 0.342. The second kappa shape index (κ2) is 8.41. The lowest BCUT2D eigenvalue weighted by molar-refractivity contribution is -0.404. The van der Waals surface area contributed by atoms with Gasteiger partial charge >= 0.3 is 11.4 Å². The van der Waals surface area contributed by atoms with E-state index >= 15 is 0 Å². The van der Waals surface area contributed by atoms with Crippen molar-refractivity contribution in [2.75, 3.05) is 0 Å². The summed E-state index contributed by atoms with van der Waals surface area (Å²) < 4.78 is 30.8. The fourth-order valence-electron chi connectivity index (χ4n) is 2.26. The molecule has 0 radical (unpaired) electrons.